The standard InChI is InChI=1S/C14H23NSi/c1-14(2,3)16(4,5)13(15)11-12-9-7-6-8-10-12/h6-11H,15H2,1-5H3. The molecule has 0 aliphatic carbocycles. The van der Waals surface area contributed by atoms with E-state index in [1.807, 2.05) is 18.2 Å². The summed E-state index contributed by atoms with van der Waals surface area (Å²) in [6.45, 7) is 11.5. The molecule has 88 valence electrons. The van der Waals surface area contributed by atoms with E-state index in [9.17, 15) is 0 Å². The van der Waals surface area contributed by atoms with Gasteiger partial charge in [0.25, 0.3) is 0 Å². The summed E-state index contributed by atoms with van der Waals surface area (Å²) < 4.78 is 0. The van der Waals surface area contributed by atoms with E-state index in [4.69, 9.17) is 5.73 Å². The zero-order valence-corrected chi connectivity index (χ0v) is 12.0. The van der Waals surface area contributed by atoms with Crippen LogP contribution in [0.25, 0.3) is 6.08 Å². The Morgan fingerprint density at radius 2 is 1.62 bits per heavy atom. The predicted molar refractivity (Wildman–Crippen MR) is 75.8 cm³/mol. The van der Waals surface area contributed by atoms with Crippen LogP contribution in [0.2, 0.25) is 18.1 Å². The number of benzene rings is 1. The molecule has 0 saturated heterocycles. The summed E-state index contributed by atoms with van der Waals surface area (Å²) in [5.41, 5.74) is 7.49. The second-order valence-electron chi connectivity index (χ2n) is 5.89. The summed E-state index contributed by atoms with van der Waals surface area (Å²) >= 11 is 0. The van der Waals surface area contributed by atoms with Crippen LogP contribution in [0.4, 0.5) is 0 Å². The molecule has 0 spiro atoms. The number of rotatable bonds is 2. The van der Waals surface area contributed by atoms with Gasteiger partial charge in [0.2, 0.25) is 0 Å². The lowest BCUT2D eigenvalue weighted by Crippen LogP contribution is -2.42. The molecule has 0 amide bonds. The Bertz CT molecular complexity index is 371. The molecule has 0 aromatic heterocycles. The Labute approximate surface area is 100 Å². The predicted octanol–water partition coefficient (Wildman–Crippen LogP) is 4.03. The minimum Gasteiger partial charge on any atom is -0.406 e. The van der Waals surface area contributed by atoms with Crippen LogP contribution in [0.1, 0.15) is 26.3 Å². The van der Waals surface area contributed by atoms with Crippen molar-refractivity contribution < 1.29 is 0 Å². The first-order valence-corrected chi connectivity index (χ1v) is 8.78. The van der Waals surface area contributed by atoms with E-state index in [2.05, 4.69) is 52.1 Å². The van der Waals surface area contributed by atoms with Crippen LogP contribution < -0.4 is 5.73 Å². The number of hydrogen-bond acceptors (Lipinski definition) is 1. The molecule has 0 radical (unpaired) electrons. The van der Waals surface area contributed by atoms with Gasteiger partial charge in [-0.1, -0.05) is 64.2 Å². The highest BCUT2D eigenvalue weighted by atomic mass is 28.3. The molecule has 0 aliphatic rings. The minimum atomic E-state index is -1.55. The average molecular weight is 233 g/mol. The van der Waals surface area contributed by atoms with E-state index in [1.54, 1.807) is 0 Å². The Balaban J connectivity index is 3.03. The van der Waals surface area contributed by atoms with Crippen LogP contribution in [0.5, 0.6) is 0 Å². The summed E-state index contributed by atoms with van der Waals surface area (Å²) in [6.07, 6.45) is 2.14. The summed E-state index contributed by atoms with van der Waals surface area (Å²) in [4.78, 5) is 0. The van der Waals surface area contributed by atoms with Gasteiger partial charge in [-0.05, 0) is 22.0 Å². The van der Waals surface area contributed by atoms with Crippen LogP contribution >= 0.6 is 0 Å². The van der Waals surface area contributed by atoms with Crippen LogP contribution in [0.3, 0.4) is 0 Å². The smallest absolute Gasteiger partial charge is 0.106 e. The molecule has 2 heteroatoms. The molecular formula is C14H23NSi. The van der Waals surface area contributed by atoms with Gasteiger partial charge in [0.15, 0.2) is 0 Å². The first kappa shape index (κ1) is 13.0. The Hall–Kier alpha value is -1.02. The van der Waals surface area contributed by atoms with Gasteiger partial charge in [-0.15, -0.1) is 0 Å². The van der Waals surface area contributed by atoms with Crippen molar-refractivity contribution in [1.29, 1.82) is 0 Å². The van der Waals surface area contributed by atoms with E-state index < -0.39 is 8.07 Å². The fourth-order valence-electron chi connectivity index (χ4n) is 1.34. The normalized spacial score (nSPS) is 13.9. The molecule has 16 heavy (non-hydrogen) atoms. The first-order chi connectivity index (χ1) is 7.25. The lowest BCUT2D eigenvalue weighted by atomic mass is 10.2. The second kappa shape index (κ2) is 4.46. The Morgan fingerprint density at radius 1 is 1.12 bits per heavy atom. The van der Waals surface area contributed by atoms with Crippen molar-refractivity contribution in [1.82, 2.24) is 0 Å². The van der Waals surface area contributed by atoms with Gasteiger partial charge in [0.05, 0.1) is 0 Å². The Kier molecular flexibility index (Phi) is 3.63. The van der Waals surface area contributed by atoms with E-state index >= 15 is 0 Å². The average Bonchev–Trinajstić information content (AvgIpc) is 2.17. The van der Waals surface area contributed by atoms with Crippen molar-refractivity contribution in [2.75, 3.05) is 0 Å². The van der Waals surface area contributed by atoms with Crippen molar-refractivity contribution in [2.45, 2.75) is 38.9 Å². The van der Waals surface area contributed by atoms with Gasteiger partial charge in [0.1, 0.15) is 8.07 Å². The van der Waals surface area contributed by atoms with E-state index in [0.717, 1.165) is 5.32 Å². The summed E-state index contributed by atoms with van der Waals surface area (Å²) in [5.74, 6) is 0. The fraction of sp³-hybridized carbons (Fsp3) is 0.429. The molecule has 0 atom stereocenters. The minimum absolute atomic E-state index is 0.294. The fourth-order valence-corrected chi connectivity index (χ4v) is 2.74. The molecular weight excluding hydrogens is 210 g/mol. The third-order valence-corrected chi connectivity index (χ3v) is 9.06. The van der Waals surface area contributed by atoms with Gasteiger partial charge in [-0.3, -0.25) is 0 Å². The second-order valence-corrected chi connectivity index (χ2v) is 11.2. The van der Waals surface area contributed by atoms with Crippen molar-refractivity contribution in [3.8, 4) is 0 Å². The molecule has 1 aromatic rings. The molecule has 0 unspecified atom stereocenters. The first-order valence-electron chi connectivity index (χ1n) is 5.78. The van der Waals surface area contributed by atoms with Crippen LogP contribution in [-0.4, -0.2) is 8.07 Å². The highest BCUT2D eigenvalue weighted by Gasteiger charge is 2.37. The van der Waals surface area contributed by atoms with Crippen LogP contribution in [0.15, 0.2) is 35.7 Å². The highest BCUT2D eigenvalue weighted by Crippen LogP contribution is 2.39. The van der Waals surface area contributed by atoms with E-state index in [1.165, 1.54) is 5.56 Å². The third kappa shape index (κ3) is 2.76. The van der Waals surface area contributed by atoms with Crippen molar-refractivity contribution >= 4 is 14.1 Å². The third-order valence-electron chi connectivity index (χ3n) is 3.72. The summed E-state index contributed by atoms with van der Waals surface area (Å²) in [7, 11) is -1.55. The molecule has 1 nitrogen and oxygen atoms in total. The molecule has 2 N–H and O–H groups in total. The van der Waals surface area contributed by atoms with E-state index in [0.29, 0.717) is 5.04 Å². The van der Waals surface area contributed by atoms with Crippen LogP contribution in [-0.2, 0) is 0 Å². The zero-order chi connectivity index (χ0) is 12.4. The Morgan fingerprint density at radius 3 is 2.06 bits per heavy atom. The summed E-state index contributed by atoms with van der Waals surface area (Å²) in [5, 5.41) is 1.37. The largest absolute Gasteiger partial charge is 0.406 e. The zero-order valence-electron chi connectivity index (χ0n) is 11.0. The van der Waals surface area contributed by atoms with Gasteiger partial charge in [-0.25, -0.2) is 0 Å². The lowest BCUT2D eigenvalue weighted by molar-refractivity contribution is 0.724. The molecule has 0 saturated carbocycles. The monoisotopic (exact) mass is 233 g/mol. The topological polar surface area (TPSA) is 26.0 Å². The maximum atomic E-state index is 6.29. The molecule has 0 heterocycles. The van der Waals surface area contributed by atoms with Crippen LogP contribution in [0, 0.1) is 0 Å². The number of nitrogens with two attached hydrogens (primary N) is 1. The molecule has 0 aliphatic heterocycles. The van der Waals surface area contributed by atoms with Crippen molar-refractivity contribution in [3.05, 3.63) is 41.2 Å². The van der Waals surface area contributed by atoms with Gasteiger partial charge in [0, 0.05) is 0 Å². The van der Waals surface area contributed by atoms with Crippen molar-refractivity contribution in [2.24, 2.45) is 5.73 Å². The molecule has 1 rings (SSSR count). The molecule has 0 fully saturated rings. The SMILES string of the molecule is CC(C)(C)[Si](C)(C)C(N)=Cc1ccccc1. The van der Waals surface area contributed by atoms with Gasteiger partial charge < -0.3 is 5.73 Å². The summed E-state index contributed by atoms with van der Waals surface area (Å²) in [6, 6.07) is 10.3. The molecule has 0 bridgehead atoms. The quantitative estimate of drug-likeness (QED) is 0.767. The highest BCUT2D eigenvalue weighted by molar-refractivity contribution is 6.87. The lowest BCUT2D eigenvalue weighted by Gasteiger charge is -2.37. The van der Waals surface area contributed by atoms with E-state index in [-0.39, 0.29) is 0 Å². The molecule has 1 aromatic carbocycles. The maximum absolute atomic E-state index is 6.29. The van der Waals surface area contributed by atoms with Crippen molar-refractivity contribution in [3.63, 3.8) is 0 Å². The van der Waals surface area contributed by atoms with Gasteiger partial charge >= 0.3 is 0 Å². The van der Waals surface area contributed by atoms with Gasteiger partial charge in [-0.2, -0.15) is 0 Å². The maximum Gasteiger partial charge on any atom is 0.106 e. The number of hydrogen-bond donors (Lipinski definition) is 1.